The molecular formula is C32H34N6O2S. The summed E-state index contributed by atoms with van der Waals surface area (Å²) < 4.78 is 3.96. The van der Waals surface area contributed by atoms with E-state index in [0.717, 1.165) is 94.9 Å². The molecule has 0 aliphatic carbocycles. The lowest BCUT2D eigenvalue weighted by Crippen LogP contribution is -2.47. The van der Waals surface area contributed by atoms with Gasteiger partial charge in [0.05, 0.1) is 6.54 Å². The Morgan fingerprint density at radius 3 is 2.54 bits per heavy atom. The van der Waals surface area contributed by atoms with Gasteiger partial charge in [0.1, 0.15) is 11.5 Å². The number of piperazine rings is 1. The van der Waals surface area contributed by atoms with Gasteiger partial charge in [0.2, 0.25) is 5.91 Å². The van der Waals surface area contributed by atoms with Crippen LogP contribution in [-0.4, -0.2) is 78.0 Å². The zero-order valence-corrected chi connectivity index (χ0v) is 24.1. The van der Waals surface area contributed by atoms with Gasteiger partial charge in [-0.15, -0.1) is 11.3 Å². The maximum Gasteiger partial charge on any atom is 0.259 e. The maximum atomic E-state index is 13.2. The van der Waals surface area contributed by atoms with E-state index in [-0.39, 0.29) is 11.5 Å². The normalized spacial score (nSPS) is 17.0. The lowest BCUT2D eigenvalue weighted by atomic mass is 10.0. The molecule has 9 heteroatoms. The molecule has 0 radical (unpaired) electrons. The second-order valence-corrected chi connectivity index (χ2v) is 12.3. The van der Waals surface area contributed by atoms with E-state index in [4.69, 9.17) is 4.98 Å². The summed E-state index contributed by atoms with van der Waals surface area (Å²) in [5, 5.41) is 5.37. The van der Waals surface area contributed by atoms with Crippen molar-refractivity contribution in [3.8, 4) is 11.1 Å². The monoisotopic (exact) mass is 566 g/mol. The van der Waals surface area contributed by atoms with E-state index >= 15 is 0 Å². The van der Waals surface area contributed by atoms with Crippen molar-refractivity contribution in [1.82, 2.24) is 19.2 Å². The van der Waals surface area contributed by atoms with E-state index in [9.17, 15) is 9.59 Å². The number of benzene rings is 2. The number of aromatic nitrogens is 2. The summed E-state index contributed by atoms with van der Waals surface area (Å²) in [6, 6.07) is 18.1. The first-order chi connectivity index (χ1) is 20.0. The summed E-state index contributed by atoms with van der Waals surface area (Å²) in [5.41, 5.74) is 3.44. The number of carbonyl (C=O) groups is 1. The third-order valence-corrected chi connectivity index (χ3v) is 9.61. The quantitative estimate of drug-likeness (QED) is 0.326. The number of fused-ring (bicyclic) bond motifs is 4. The van der Waals surface area contributed by atoms with Crippen molar-refractivity contribution >= 4 is 54.6 Å². The molecule has 1 N–H and O–H groups in total. The van der Waals surface area contributed by atoms with Gasteiger partial charge in [0, 0.05) is 88.5 Å². The zero-order chi connectivity index (χ0) is 27.9. The number of likely N-dealkylation sites (N-methyl/N-ethyl adjacent to an activating group) is 1. The predicted molar refractivity (Wildman–Crippen MR) is 168 cm³/mol. The fraction of sp³-hybridized carbons (Fsp3) is 0.344. The van der Waals surface area contributed by atoms with Crippen LogP contribution in [0.25, 0.3) is 36.9 Å². The van der Waals surface area contributed by atoms with E-state index in [0.29, 0.717) is 12.2 Å². The van der Waals surface area contributed by atoms with Crippen LogP contribution in [0.15, 0.2) is 65.6 Å². The Bertz CT molecular complexity index is 1810. The molecular weight excluding hydrogens is 532 g/mol. The van der Waals surface area contributed by atoms with E-state index < -0.39 is 0 Å². The second-order valence-electron chi connectivity index (χ2n) is 11.2. The highest BCUT2D eigenvalue weighted by molar-refractivity contribution is 7.26. The SMILES string of the molecule is CN1CCN(CC(=O)Nc2ccc3sc4c(-c5cccn6c(=O)cc(N7CCCCC7)nc56)cccc4c3c2)CC1. The first-order valence-corrected chi connectivity index (χ1v) is 15.3. The van der Waals surface area contributed by atoms with E-state index in [1.54, 1.807) is 28.0 Å². The number of nitrogens with one attached hydrogen (secondary N) is 1. The Kier molecular flexibility index (Phi) is 6.94. The molecule has 2 fully saturated rings. The molecule has 210 valence electrons. The van der Waals surface area contributed by atoms with Crippen LogP contribution in [0.5, 0.6) is 0 Å². The molecule has 7 rings (SSSR count). The van der Waals surface area contributed by atoms with Crippen molar-refractivity contribution in [2.75, 3.05) is 63.1 Å². The van der Waals surface area contributed by atoms with Gasteiger partial charge in [-0.25, -0.2) is 4.98 Å². The van der Waals surface area contributed by atoms with Crippen molar-refractivity contribution in [1.29, 1.82) is 0 Å². The van der Waals surface area contributed by atoms with Gasteiger partial charge in [-0.1, -0.05) is 18.2 Å². The zero-order valence-electron chi connectivity index (χ0n) is 23.3. The molecule has 0 atom stereocenters. The third-order valence-electron chi connectivity index (χ3n) is 8.39. The summed E-state index contributed by atoms with van der Waals surface area (Å²) in [6.07, 6.45) is 5.28. The third kappa shape index (κ3) is 5.09. The molecule has 5 heterocycles. The second kappa shape index (κ2) is 10.9. The van der Waals surface area contributed by atoms with Crippen molar-refractivity contribution in [2.45, 2.75) is 19.3 Å². The molecule has 0 unspecified atom stereocenters. The molecule has 2 saturated heterocycles. The number of hydrogen-bond acceptors (Lipinski definition) is 7. The van der Waals surface area contributed by atoms with E-state index in [1.807, 2.05) is 12.1 Å². The van der Waals surface area contributed by atoms with Gasteiger partial charge in [-0.3, -0.25) is 18.9 Å². The summed E-state index contributed by atoms with van der Waals surface area (Å²) in [5.74, 6) is 0.786. The Balaban J connectivity index is 1.24. The van der Waals surface area contributed by atoms with Crippen molar-refractivity contribution in [3.63, 3.8) is 0 Å². The molecule has 2 aromatic carbocycles. The summed E-state index contributed by atoms with van der Waals surface area (Å²) in [6.45, 7) is 6.08. The summed E-state index contributed by atoms with van der Waals surface area (Å²) >= 11 is 1.73. The van der Waals surface area contributed by atoms with E-state index in [1.165, 1.54) is 6.42 Å². The molecule has 2 aliphatic heterocycles. The van der Waals surface area contributed by atoms with Gasteiger partial charge >= 0.3 is 0 Å². The first-order valence-electron chi connectivity index (χ1n) is 14.5. The van der Waals surface area contributed by atoms with Crippen LogP contribution in [-0.2, 0) is 4.79 Å². The number of pyridine rings is 1. The average Bonchev–Trinajstić information content (AvgIpc) is 3.37. The van der Waals surface area contributed by atoms with Crippen LogP contribution < -0.4 is 15.8 Å². The maximum absolute atomic E-state index is 13.2. The first kappa shape index (κ1) is 26.1. The van der Waals surface area contributed by atoms with Gasteiger partial charge < -0.3 is 15.1 Å². The van der Waals surface area contributed by atoms with Crippen LogP contribution in [0, 0.1) is 0 Å². The van der Waals surface area contributed by atoms with Crippen molar-refractivity contribution in [2.24, 2.45) is 0 Å². The number of rotatable bonds is 5. The molecule has 41 heavy (non-hydrogen) atoms. The molecule has 0 spiro atoms. The number of anilines is 2. The van der Waals surface area contributed by atoms with Crippen LogP contribution in [0.2, 0.25) is 0 Å². The van der Waals surface area contributed by atoms with Crippen LogP contribution >= 0.6 is 11.3 Å². The molecule has 1 amide bonds. The van der Waals surface area contributed by atoms with Crippen LogP contribution in [0.1, 0.15) is 19.3 Å². The number of piperidine rings is 1. The van der Waals surface area contributed by atoms with Crippen LogP contribution in [0.3, 0.4) is 0 Å². The minimum atomic E-state index is -0.0575. The highest BCUT2D eigenvalue weighted by Crippen LogP contribution is 2.41. The Morgan fingerprint density at radius 2 is 1.71 bits per heavy atom. The highest BCUT2D eigenvalue weighted by Gasteiger charge is 2.19. The number of hydrogen-bond donors (Lipinski definition) is 1. The number of thiophene rings is 1. The Morgan fingerprint density at radius 1 is 0.902 bits per heavy atom. The fourth-order valence-corrected chi connectivity index (χ4v) is 7.32. The standard InChI is InChI=1S/C32H34N6O2S/c1-35-15-17-36(18-16-35)21-29(39)33-22-10-11-27-26(19-22)24-8-5-7-23(31(24)41-27)25-9-6-14-38-30(40)20-28(34-32(25)38)37-12-3-2-4-13-37/h5-11,14,19-20H,2-4,12-13,15-18,21H2,1H3,(H,33,39). The number of carbonyl (C=O) groups excluding carboxylic acids is 1. The Hall–Kier alpha value is -3.79. The summed E-state index contributed by atoms with van der Waals surface area (Å²) in [4.78, 5) is 37.8. The topological polar surface area (TPSA) is 73.2 Å². The molecule has 5 aromatic rings. The highest BCUT2D eigenvalue weighted by atomic mass is 32.1. The van der Waals surface area contributed by atoms with Gasteiger partial charge in [-0.05, 0) is 56.6 Å². The molecule has 0 saturated carbocycles. The van der Waals surface area contributed by atoms with E-state index in [2.05, 4.69) is 63.5 Å². The average molecular weight is 567 g/mol. The van der Waals surface area contributed by atoms with Gasteiger partial charge in [0.25, 0.3) is 5.56 Å². The van der Waals surface area contributed by atoms with Crippen LogP contribution in [0.4, 0.5) is 11.5 Å². The van der Waals surface area contributed by atoms with Crippen molar-refractivity contribution < 1.29 is 4.79 Å². The lowest BCUT2D eigenvalue weighted by molar-refractivity contribution is -0.117. The lowest BCUT2D eigenvalue weighted by Gasteiger charge is -2.31. The predicted octanol–water partition coefficient (Wildman–Crippen LogP) is 4.91. The molecule has 8 nitrogen and oxygen atoms in total. The van der Waals surface area contributed by atoms with Crippen molar-refractivity contribution in [3.05, 3.63) is 71.1 Å². The smallest absolute Gasteiger partial charge is 0.259 e. The largest absolute Gasteiger partial charge is 0.356 e. The van der Waals surface area contributed by atoms with Gasteiger partial charge in [-0.2, -0.15) is 0 Å². The molecule has 2 aliphatic rings. The molecule has 3 aromatic heterocycles. The summed E-state index contributed by atoms with van der Waals surface area (Å²) in [7, 11) is 2.12. The number of amides is 1. The minimum absolute atomic E-state index is 0.0194. The number of nitrogens with zero attached hydrogens (tertiary/aromatic N) is 5. The van der Waals surface area contributed by atoms with Gasteiger partial charge in [0.15, 0.2) is 0 Å². The molecule has 0 bridgehead atoms. The Labute approximate surface area is 242 Å². The fourth-order valence-electron chi connectivity index (χ4n) is 6.11. The minimum Gasteiger partial charge on any atom is -0.356 e.